The van der Waals surface area contributed by atoms with Crippen molar-refractivity contribution in [3.63, 3.8) is 0 Å². The van der Waals surface area contributed by atoms with Crippen LogP contribution in [0, 0.1) is 12.8 Å². The first-order valence-corrected chi connectivity index (χ1v) is 6.45. The third-order valence-electron chi connectivity index (χ3n) is 2.98. The minimum absolute atomic E-state index is 0.525. The van der Waals surface area contributed by atoms with Gasteiger partial charge in [0.2, 0.25) is 0 Å². The molecule has 0 aliphatic rings. The Morgan fingerprint density at radius 1 is 1.28 bits per heavy atom. The van der Waals surface area contributed by atoms with Crippen LogP contribution in [0.5, 0.6) is 0 Å². The Labute approximate surface area is 108 Å². The molecule has 3 heteroatoms. The largest absolute Gasteiger partial charge is 0.458 e. The molecule has 1 atom stereocenters. The van der Waals surface area contributed by atoms with E-state index in [4.69, 9.17) is 4.42 Å². The van der Waals surface area contributed by atoms with Crippen LogP contribution in [0.3, 0.4) is 0 Å². The van der Waals surface area contributed by atoms with Crippen LogP contribution in [-0.2, 0) is 0 Å². The number of aliphatic hydroxyl groups excluding tert-OH is 1. The molecular formula is C15H21NO2. The van der Waals surface area contributed by atoms with E-state index in [1.807, 2.05) is 31.2 Å². The fourth-order valence-electron chi connectivity index (χ4n) is 2.00. The second kappa shape index (κ2) is 5.55. The number of benzene rings is 1. The summed E-state index contributed by atoms with van der Waals surface area (Å²) in [6, 6.07) is 7.94. The quantitative estimate of drug-likeness (QED) is 0.853. The normalized spacial score (nSPS) is 13.4. The molecule has 2 rings (SSSR count). The van der Waals surface area contributed by atoms with Crippen LogP contribution in [-0.4, -0.2) is 18.2 Å². The lowest BCUT2D eigenvalue weighted by Crippen LogP contribution is -2.25. The van der Waals surface area contributed by atoms with E-state index in [9.17, 15) is 5.11 Å². The van der Waals surface area contributed by atoms with Gasteiger partial charge >= 0.3 is 0 Å². The van der Waals surface area contributed by atoms with Crippen molar-refractivity contribution in [2.24, 2.45) is 5.92 Å². The molecule has 0 saturated carbocycles. The molecule has 0 fully saturated rings. The number of fused-ring (bicyclic) bond motifs is 1. The topological polar surface area (TPSA) is 45.4 Å². The number of aliphatic hydroxyl groups is 1. The molecule has 0 aliphatic carbocycles. The molecule has 0 amide bonds. The summed E-state index contributed by atoms with van der Waals surface area (Å²) in [7, 11) is 0. The van der Waals surface area contributed by atoms with Gasteiger partial charge in [-0.1, -0.05) is 32.0 Å². The van der Waals surface area contributed by atoms with Gasteiger partial charge in [0.15, 0.2) is 0 Å². The Bertz CT molecular complexity index is 516. The summed E-state index contributed by atoms with van der Waals surface area (Å²) in [4.78, 5) is 0. The summed E-state index contributed by atoms with van der Waals surface area (Å²) in [6.45, 7) is 7.72. The molecule has 98 valence electrons. The summed E-state index contributed by atoms with van der Waals surface area (Å²) < 4.78 is 5.73. The fourth-order valence-corrected chi connectivity index (χ4v) is 2.00. The first kappa shape index (κ1) is 13.1. The lowest BCUT2D eigenvalue weighted by molar-refractivity contribution is 0.149. The van der Waals surface area contributed by atoms with Crippen molar-refractivity contribution >= 4 is 11.0 Å². The highest BCUT2D eigenvalue weighted by atomic mass is 16.4. The van der Waals surface area contributed by atoms with E-state index >= 15 is 0 Å². The van der Waals surface area contributed by atoms with E-state index in [-0.39, 0.29) is 0 Å². The zero-order chi connectivity index (χ0) is 13.1. The molecule has 3 nitrogen and oxygen atoms in total. The Morgan fingerprint density at radius 3 is 2.72 bits per heavy atom. The summed E-state index contributed by atoms with van der Waals surface area (Å²) in [6.07, 6.45) is -0.587. The number of aryl methyl sites for hydroxylation is 1. The van der Waals surface area contributed by atoms with Gasteiger partial charge in [0.25, 0.3) is 0 Å². The second-order valence-corrected chi connectivity index (χ2v) is 5.21. The van der Waals surface area contributed by atoms with Gasteiger partial charge in [-0.25, -0.2) is 0 Å². The zero-order valence-electron chi connectivity index (χ0n) is 11.2. The van der Waals surface area contributed by atoms with Crippen molar-refractivity contribution in [3.8, 4) is 0 Å². The van der Waals surface area contributed by atoms with Crippen LogP contribution < -0.4 is 5.32 Å². The van der Waals surface area contributed by atoms with Crippen molar-refractivity contribution in [1.29, 1.82) is 0 Å². The molecule has 0 aliphatic heterocycles. The van der Waals surface area contributed by atoms with Gasteiger partial charge in [0.05, 0.1) is 0 Å². The molecule has 2 aromatic rings. The minimum atomic E-state index is -0.587. The lowest BCUT2D eigenvalue weighted by Gasteiger charge is -2.10. The van der Waals surface area contributed by atoms with Crippen LogP contribution >= 0.6 is 0 Å². The summed E-state index contributed by atoms with van der Waals surface area (Å²) in [5.41, 5.74) is 1.97. The molecule has 0 radical (unpaired) electrons. The second-order valence-electron chi connectivity index (χ2n) is 5.21. The average Bonchev–Trinajstić information content (AvgIpc) is 2.74. The Kier molecular flexibility index (Phi) is 4.04. The van der Waals surface area contributed by atoms with Crippen LogP contribution in [0.2, 0.25) is 0 Å². The van der Waals surface area contributed by atoms with Crippen LogP contribution in [0.4, 0.5) is 0 Å². The third kappa shape index (κ3) is 2.92. The third-order valence-corrected chi connectivity index (χ3v) is 2.98. The number of hydrogen-bond donors (Lipinski definition) is 2. The van der Waals surface area contributed by atoms with Crippen molar-refractivity contribution in [2.45, 2.75) is 26.9 Å². The summed E-state index contributed by atoms with van der Waals surface area (Å²) >= 11 is 0. The molecule has 18 heavy (non-hydrogen) atoms. The average molecular weight is 247 g/mol. The molecule has 1 heterocycles. The van der Waals surface area contributed by atoms with Gasteiger partial charge in [0, 0.05) is 11.9 Å². The number of furan rings is 1. The van der Waals surface area contributed by atoms with Gasteiger partial charge in [-0.2, -0.15) is 0 Å². The van der Waals surface area contributed by atoms with E-state index in [1.165, 1.54) is 0 Å². The summed E-state index contributed by atoms with van der Waals surface area (Å²) in [5, 5.41) is 14.4. The monoisotopic (exact) mass is 247 g/mol. The van der Waals surface area contributed by atoms with Gasteiger partial charge in [-0.05, 0) is 31.0 Å². The van der Waals surface area contributed by atoms with E-state index in [0.717, 1.165) is 23.1 Å². The van der Waals surface area contributed by atoms with Crippen LogP contribution in [0.15, 0.2) is 28.7 Å². The maximum absolute atomic E-state index is 10.1. The maximum Gasteiger partial charge on any atom is 0.137 e. The van der Waals surface area contributed by atoms with Crippen LogP contribution in [0.25, 0.3) is 11.0 Å². The first-order chi connectivity index (χ1) is 8.58. The number of hydrogen-bond acceptors (Lipinski definition) is 3. The van der Waals surface area contributed by atoms with Gasteiger partial charge in [-0.15, -0.1) is 0 Å². The highest BCUT2D eigenvalue weighted by Crippen LogP contribution is 2.26. The van der Waals surface area contributed by atoms with Crippen molar-refractivity contribution < 1.29 is 9.52 Å². The Morgan fingerprint density at radius 2 is 2.06 bits per heavy atom. The molecule has 2 N–H and O–H groups in total. The number of nitrogens with one attached hydrogen (secondary N) is 1. The van der Waals surface area contributed by atoms with E-state index < -0.39 is 6.10 Å². The van der Waals surface area contributed by atoms with Gasteiger partial charge < -0.3 is 14.8 Å². The first-order valence-electron chi connectivity index (χ1n) is 6.45. The smallest absolute Gasteiger partial charge is 0.137 e. The van der Waals surface area contributed by atoms with Crippen molar-refractivity contribution in [3.05, 3.63) is 35.6 Å². The highest BCUT2D eigenvalue weighted by molar-refractivity contribution is 5.80. The minimum Gasteiger partial charge on any atom is -0.458 e. The predicted molar refractivity (Wildman–Crippen MR) is 73.6 cm³/mol. The zero-order valence-corrected chi connectivity index (χ0v) is 11.2. The Hall–Kier alpha value is -1.32. The fraction of sp³-hybridized carbons (Fsp3) is 0.467. The van der Waals surface area contributed by atoms with Crippen LogP contribution in [0.1, 0.15) is 31.3 Å². The van der Waals surface area contributed by atoms with E-state index in [2.05, 4.69) is 19.2 Å². The highest BCUT2D eigenvalue weighted by Gasteiger charge is 2.13. The lowest BCUT2D eigenvalue weighted by atomic mass is 10.1. The number of para-hydroxylation sites is 1. The molecule has 0 spiro atoms. The molecule has 1 aromatic heterocycles. The van der Waals surface area contributed by atoms with Crippen molar-refractivity contribution in [1.82, 2.24) is 5.32 Å². The number of rotatable bonds is 5. The Balaban J connectivity index is 2.08. The standard InChI is InChI=1S/C15H21NO2/c1-10(2)8-16-9-13(17)14-7-12-6-4-5-11(3)15(12)18-14/h4-7,10,13,16-17H,8-9H2,1-3H3. The predicted octanol–water partition coefficient (Wildman–Crippen LogP) is 3.02. The molecule has 1 unspecified atom stereocenters. The van der Waals surface area contributed by atoms with E-state index in [1.54, 1.807) is 0 Å². The SMILES string of the molecule is Cc1cccc2cc(C(O)CNCC(C)C)oc12. The molecular weight excluding hydrogens is 226 g/mol. The van der Waals surface area contributed by atoms with Gasteiger partial charge in [0.1, 0.15) is 17.4 Å². The molecule has 1 aromatic carbocycles. The molecule has 0 bridgehead atoms. The molecule has 0 saturated heterocycles. The van der Waals surface area contributed by atoms with Crippen molar-refractivity contribution in [2.75, 3.05) is 13.1 Å². The summed E-state index contributed by atoms with van der Waals surface area (Å²) in [5.74, 6) is 1.21. The maximum atomic E-state index is 10.1. The van der Waals surface area contributed by atoms with E-state index in [0.29, 0.717) is 18.2 Å². The van der Waals surface area contributed by atoms with Gasteiger partial charge in [-0.3, -0.25) is 0 Å².